The van der Waals surface area contributed by atoms with E-state index in [4.69, 9.17) is 23.2 Å². The number of carbonyl (C=O) groups is 2. The maximum absolute atomic E-state index is 12.4. The van der Waals surface area contributed by atoms with Crippen molar-refractivity contribution in [3.05, 3.63) is 142 Å². The highest BCUT2D eigenvalue weighted by atomic mass is 35.5. The van der Waals surface area contributed by atoms with Crippen LogP contribution >= 0.6 is 23.2 Å². The van der Waals surface area contributed by atoms with E-state index in [9.17, 15) is 9.59 Å². The molecule has 0 spiro atoms. The molecule has 0 radical (unpaired) electrons. The van der Waals surface area contributed by atoms with Gasteiger partial charge in [-0.1, -0.05) is 108 Å². The van der Waals surface area contributed by atoms with Gasteiger partial charge in [-0.3, -0.25) is 9.59 Å². The third-order valence-electron chi connectivity index (χ3n) is 5.45. The standard InChI is InChI=1S/C31H24Cl2N2O2/c32-28(20-22-7-3-1-4-8-22)30(36)34-26-15-11-24(12-16-26)19-25-13-17-27(18-14-25)35-31(37)29(33)21-23-9-5-2-6-10-23/h1-18,20-21H,19H2,(H,34,36)(H,35,37)/b28-20+,29-21+. The topological polar surface area (TPSA) is 58.2 Å². The van der Waals surface area contributed by atoms with Crippen LogP contribution in [0.5, 0.6) is 0 Å². The van der Waals surface area contributed by atoms with Gasteiger partial charge in [-0.15, -0.1) is 0 Å². The molecule has 0 fully saturated rings. The smallest absolute Gasteiger partial charge is 0.267 e. The fraction of sp³-hybridized carbons (Fsp3) is 0.0323. The minimum Gasteiger partial charge on any atom is -0.321 e. The number of halogens is 2. The Labute approximate surface area is 226 Å². The van der Waals surface area contributed by atoms with E-state index in [1.807, 2.05) is 109 Å². The number of amides is 2. The van der Waals surface area contributed by atoms with Gasteiger partial charge in [0.1, 0.15) is 10.1 Å². The number of hydrogen-bond acceptors (Lipinski definition) is 2. The van der Waals surface area contributed by atoms with Crippen molar-refractivity contribution >= 4 is 58.5 Å². The molecule has 4 nitrogen and oxygen atoms in total. The summed E-state index contributed by atoms with van der Waals surface area (Å²) >= 11 is 12.3. The Morgan fingerprint density at radius 1 is 0.541 bits per heavy atom. The van der Waals surface area contributed by atoms with Crippen LogP contribution in [-0.2, 0) is 16.0 Å². The van der Waals surface area contributed by atoms with E-state index in [1.165, 1.54) is 0 Å². The third-order valence-corrected chi connectivity index (χ3v) is 6.01. The van der Waals surface area contributed by atoms with E-state index >= 15 is 0 Å². The highest BCUT2D eigenvalue weighted by Gasteiger charge is 2.09. The largest absolute Gasteiger partial charge is 0.321 e. The first-order chi connectivity index (χ1) is 18.0. The van der Waals surface area contributed by atoms with Gasteiger partial charge >= 0.3 is 0 Å². The monoisotopic (exact) mass is 526 g/mol. The zero-order valence-corrected chi connectivity index (χ0v) is 21.3. The van der Waals surface area contributed by atoms with E-state index in [0.29, 0.717) is 17.8 Å². The lowest BCUT2D eigenvalue weighted by atomic mass is 10.0. The van der Waals surface area contributed by atoms with Crippen LogP contribution in [-0.4, -0.2) is 11.8 Å². The quantitative estimate of drug-likeness (QED) is 0.231. The lowest BCUT2D eigenvalue weighted by Gasteiger charge is -2.08. The maximum Gasteiger partial charge on any atom is 0.267 e. The number of hydrogen-bond donors (Lipinski definition) is 2. The van der Waals surface area contributed by atoms with E-state index in [1.54, 1.807) is 12.2 Å². The van der Waals surface area contributed by atoms with Gasteiger partial charge in [-0.25, -0.2) is 0 Å². The molecule has 0 heterocycles. The molecule has 4 aromatic carbocycles. The van der Waals surface area contributed by atoms with Gasteiger partial charge in [0.15, 0.2) is 0 Å². The Balaban J connectivity index is 1.31. The molecule has 0 aliphatic carbocycles. The number of carbonyl (C=O) groups excluding carboxylic acids is 2. The number of rotatable bonds is 8. The lowest BCUT2D eigenvalue weighted by molar-refractivity contribution is -0.113. The number of nitrogens with one attached hydrogen (secondary N) is 2. The normalized spacial score (nSPS) is 11.6. The van der Waals surface area contributed by atoms with E-state index in [0.717, 1.165) is 22.3 Å². The third kappa shape index (κ3) is 7.94. The van der Waals surface area contributed by atoms with Crippen LogP contribution in [0, 0.1) is 0 Å². The summed E-state index contributed by atoms with van der Waals surface area (Å²) in [7, 11) is 0. The highest BCUT2D eigenvalue weighted by molar-refractivity contribution is 6.46. The Bertz CT molecular complexity index is 1300. The molecule has 0 saturated carbocycles. The molecule has 2 amide bonds. The predicted octanol–water partition coefficient (Wildman–Crippen LogP) is 7.71. The van der Waals surface area contributed by atoms with Crippen LogP contribution in [0.3, 0.4) is 0 Å². The molecular weight excluding hydrogens is 503 g/mol. The van der Waals surface area contributed by atoms with E-state index in [-0.39, 0.29) is 21.9 Å². The summed E-state index contributed by atoms with van der Waals surface area (Å²) in [5.41, 5.74) is 5.19. The van der Waals surface area contributed by atoms with Gasteiger partial charge in [0, 0.05) is 11.4 Å². The second kappa shape index (κ2) is 12.7. The molecule has 0 unspecified atom stereocenters. The zero-order chi connectivity index (χ0) is 26.0. The molecule has 4 aromatic rings. The lowest BCUT2D eigenvalue weighted by Crippen LogP contribution is -2.11. The van der Waals surface area contributed by atoms with Crippen molar-refractivity contribution in [3.63, 3.8) is 0 Å². The SMILES string of the molecule is O=C(Nc1ccc(Cc2ccc(NC(=O)/C(Cl)=C\c3ccccc3)cc2)cc1)/C(Cl)=C\c1ccccc1. The van der Waals surface area contributed by atoms with Gasteiger partial charge in [-0.2, -0.15) is 0 Å². The molecule has 4 rings (SSSR count). The first kappa shape index (κ1) is 26.0. The predicted molar refractivity (Wildman–Crippen MR) is 153 cm³/mol. The molecule has 0 aliphatic heterocycles. The molecule has 0 bridgehead atoms. The molecule has 0 saturated heterocycles. The fourth-order valence-corrected chi connectivity index (χ4v) is 3.90. The summed E-state index contributed by atoms with van der Waals surface area (Å²) in [6.07, 6.45) is 3.96. The van der Waals surface area contributed by atoms with Gasteiger partial charge in [-0.05, 0) is 65.1 Å². The Morgan fingerprint density at radius 3 is 1.24 bits per heavy atom. The molecule has 2 N–H and O–H groups in total. The Morgan fingerprint density at radius 2 is 0.892 bits per heavy atom. The van der Waals surface area contributed by atoms with Gasteiger partial charge in [0.05, 0.1) is 0 Å². The molecule has 0 aliphatic rings. The van der Waals surface area contributed by atoms with Crippen molar-refractivity contribution in [2.45, 2.75) is 6.42 Å². The minimum atomic E-state index is -0.366. The van der Waals surface area contributed by atoms with Crippen LogP contribution in [0.25, 0.3) is 12.2 Å². The molecule has 6 heteroatoms. The average Bonchev–Trinajstić information content (AvgIpc) is 2.92. The van der Waals surface area contributed by atoms with Crippen LogP contribution in [0.1, 0.15) is 22.3 Å². The number of anilines is 2. The second-order valence-corrected chi connectivity index (χ2v) is 9.10. The summed E-state index contributed by atoms with van der Waals surface area (Å²) in [6, 6.07) is 34.0. The highest BCUT2D eigenvalue weighted by Crippen LogP contribution is 2.19. The van der Waals surface area contributed by atoms with Crippen molar-refractivity contribution in [2.75, 3.05) is 10.6 Å². The van der Waals surface area contributed by atoms with Crippen LogP contribution in [0.15, 0.2) is 119 Å². The molecule has 0 aromatic heterocycles. The van der Waals surface area contributed by atoms with Gasteiger partial charge < -0.3 is 10.6 Å². The van der Waals surface area contributed by atoms with E-state index in [2.05, 4.69) is 10.6 Å². The Kier molecular flexibility index (Phi) is 8.93. The van der Waals surface area contributed by atoms with Gasteiger partial charge in [0.2, 0.25) is 0 Å². The summed E-state index contributed by atoms with van der Waals surface area (Å²) < 4.78 is 0. The minimum absolute atomic E-state index is 0.110. The summed E-state index contributed by atoms with van der Waals surface area (Å²) in [6.45, 7) is 0. The summed E-state index contributed by atoms with van der Waals surface area (Å²) in [5.74, 6) is -0.732. The van der Waals surface area contributed by atoms with Crippen LogP contribution < -0.4 is 10.6 Å². The van der Waals surface area contributed by atoms with E-state index < -0.39 is 0 Å². The zero-order valence-electron chi connectivity index (χ0n) is 19.8. The first-order valence-electron chi connectivity index (χ1n) is 11.6. The van der Waals surface area contributed by atoms with Crippen molar-refractivity contribution in [3.8, 4) is 0 Å². The first-order valence-corrected chi connectivity index (χ1v) is 12.4. The van der Waals surface area contributed by atoms with Crippen molar-refractivity contribution < 1.29 is 9.59 Å². The molecule has 184 valence electrons. The van der Waals surface area contributed by atoms with Gasteiger partial charge in [0.25, 0.3) is 11.8 Å². The average molecular weight is 527 g/mol. The Hall–Kier alpha value is -4.12. The molecule has 37 heavy (non-hydrogen) atoms. The molecular formula is C31H24Cl2N2O2. The van der Waals surface area contributed by atoms with Crippen LogP contribution in [0.2, 0.25) is 0 Å². The maximum atomic E-state index is 12.4. The molecule has 0 atom stereocenters. The second-order valence-electron chi connectivity index (χ2n) is 8.28. The van der Waals surface area contributed by atoms with Crippen LogP contribution in [0.4, 0.5) is 11.4 Å². The van der Waals surface area contributed by atoms with Crippen molar-refractivity contribution in [1.82, 2.24) is 0 Å². The number of benzene rings is 4. The summed E-state index contributed by atoms with van der Waals surface area (Å²) in [4.78, 5) is 24.8. The van der Waals surface area contributed by atoms with Crippen molar-refractivity contribution in [2.24, 2.45) is 0 Å². The summed E-state index contributed by atoms with van der Waals surface area (Å²) in [5, 5.41) is 5.84. The van der Waals surface area contributed by atoms with Crippen molar-refractivity contribution in [1.29, 1.82) is 0 Å². The fourth-order valence-electron chi connectivity index (χ4n) is 3.55.